The topological polar surface area (TPSA) is 77.2 Å². The van der Waals surface area contributed by atoms with E-state index in [0.29, 0.717) is 18.2 Å². The molecule has 6 heteroatoms. The summed E-state index contributed by atoms with van der Waals surface area (Å²) in [5.74, 6) is 0.940. The van der Waals surface area contributed by atoms with Gasteiger partial charge in [-0.05, 0) is 38.7 Å². The number of amides is 1. The van der Waals surface area contributed by atoms with Crippen LogP contribution in [0.25, 0.3) is 0 Å². The van der Waals surface area contributed by atoms with E-state index in [1.165, 1.54) is 12.8 Å². The molecule has 6 nitrogen and oxygen atoms in total. The Balaban J connectivity index is 1.63. The molecule has 0 atom stereocenters. The molecule has 0 aliphatic heterocycles. The van der Waals surface area contributed by atoms with Crippen LogP contribution in [-0.2, 0) is 6.54 Å². The monoisotopic (exact) mass is 301 g/mol. The summed E-state index contributed by atoms with van der Waals surface area (Å²) in [4.78, 5) is 16.3. The van der Waals surface area contributed by atoms with Crippen molar-refractivity contribution in [1.29, 1.82) is 0 Å². The molecule has 2 aromatic heterocycles. The molecule has 2 aromatic rings. The minimum Gasteiger partial charge on any atom is -0.474 e. The van der Waals surface area contributed by atoms with Crippen molar-refractivity contribution >= 4 is 5.91 Å². The van der Waals surface area contributed by atoms with Crippen LogP contribution >= 0.6 is 0 Å². The van der Waals surface area contributed by atoms with Gasteiger partial charge in [0.15, 0.2) is 5.69 Å². The van der Waals surface area contributed by atoms with Crippen LogP contribution in [-0.4, -0.2) is 22.2 Å². The van der Waals surface area contributed by atoms with E-state index in [1.807, 2.05) is 12.1 Å². The molecule has 0 saturated heterocycles. The minimum absolute atomic E-state index is 0.238. The van der Waals surface area contributed by atoms with Crippen LogP contribution in [0.15, 0.2) is 28.9 Å². The average molecular weight is 301 g/mol. The number of hydrogen-bond donors (Lipinski definition) is 1. The summed E-state index contributed by atoms with van der Waals surface area (Å²) in [5, 5.41) is 6.51. The van der Waals surface area contributed by atoms with Gasteiger partial charge in [-0.25, -0.2) is 4.98 Å². The normalized spacial score (nSPS) is 15.0. The van der Waals surface area contributed by atoms with Crippen LogP contribution in [0.5, 0.6) is 5.88 Å². The number of aryl methyl sites for hydroxylation is 1. The average Bonchev–Trinajstić information content (AvgIpc) is 3.18. The van der Waals surface area contributed by atoms with Crippen molar-refractivity contribution in [1.82, 2.24) is 15.5 Å². The van der Waals surface area contributed by atoms with Gasteiger partial charge in [0, 0.05) is 24.4 Å². The molecule has 0 bridgehead atoms. The quantitative estimate of drug-likeness (QED) is 0.918. The van der Waals surface area contributed by atoms with Crippen molar-refractivity contribution in [3.63, 3.8) is 0 Å². The minimum atomic E-state index is -0.271. The number of carbonyl (C=O) groups is 1. The van der Waals surface area contributed by atoms with Crippen LogP contribution in [0.2, 0.25) is 0 Å². The van der Waals surface area contributed by atoms with Gasteiger partial charge in [0.1, 0.15) is 11.9 Å². The van der Waals surface area contributed by atoms with E-state index >= 15 is 0 Å². The van der Waals surface area contributed by atoms with Crippen LogP contribution in [0, 0.1) is 6.92 Å². The summed E-state index contributed by atoms with van der Waals surface area (Å²) >= 11 is 0. The van der Waals surface area contributed by atoms with E-state index in [9.17, 15) is 4.79 Å². The molecule has 0 aromatic carbocycles. The Morgan fingerprint density at radius 2 is 2.27 bits per heavy atom. The molecule has 3 rings (SSSR count). The molecule has 1 aliphatic carbocycles. The Morgan fingerprint density at radius 3 is 3.00 bits per heavy atom. The van der Waals surface area contributed by atoms with Gasteiger partial charge >= 0.3 is 0 Å². The third-order valence-electron chi connectivity index (χ3n) is 3.73. The van der Waals surface area contributed by atoms with Gasteiger partial charge in [-0.2, -0.15) is 0 Å². The van der Waals surface area contributed by atoms with Crippen molar-refractivity contribution in [3.8, 4) is 5.88 Å². The van der Waals surface area contributed by atoms with E-state index in [1.54, 1.807) is 19.2 Å². The number of hydrogen-bond acceptors (Lipinski definition) is 5. The number of aromatic nitrogens is 2. The molecule has 1 amide bonds. The van der Waals surface area contributed by atoms with Crippen molar-refractivity contribution in [2.45, 2.75) is 45.3 Å². The first-order valence-electron chi connectivity index (χ1n) is 7.54. The number of pyridine rings is 1. The summed E-state index contributed by atoms with van der Waals surface area (Å²) in [7, 11) is 0. The van der Waals surface area contributed by atoms with Gasteiger partial charge in [0.05, 0.1) is 0 Å². The number of rotatable bonds is 5. The SMILES string of the molecule is Cc1cc(C(=O)NCc2cccnc2OC2CCCC2)no1. The van der Waals surface area contributed by atoms with Crippen molar-refractivity contribution in [2.75, 3.05) is 0 Å². The Labute approximate surface area is 128 Å². The summed E-state index contributed by atoms with van der Waals surface area (Å²) in [5.41, 5.74) is 1.14. The lowest BCUT2D eigenvalue weighted by atomic mass is 10.2. The molecule has 1 aliphatic rings. The van der Waals surface area contributed by atoms with Gasteiger partial charge in [-0.15, -0.1) is 0 Å². The van der Waals surface area contributed by atoms with Crippen LogP contribution < -0.4 is 10.1 Å². The van der Waals surface area contributed by atoms with Crippen molar-refractivity contribution in [2.24, 2.45) is 0 Å². The second-order valence-electron chi connectivity index (χ2n) is 5.50. The summed E-state index contributed by atoms with van der Waals surface area (Å²) in [6.07, 6.45) is 6.49. The maximum absolute atomic E-state index is 12.0. The highest BCUT2D eigenvalue weighted by molar-refractivity contribution is 5.92. The molecule has 0 radical (unpaired) electrons. The van der Waals surface area contributed by atoms with Gasteiger partial charge in [0.2, 0.25) is 5.88 Å². The molecule has 0 spiro atoms. The van der Waals surface area contributed by atoms with Crippen LogP contribution in [0.1, 0.15) is 47.5 Å². The zero-order valence-electron chi connectivity index (χ0n) is 12.5. The van der Waals surface area contributed by atoms with Gasteiger partial charge in [-0.3, -0.25) is 4.79 Å². The molecule has 0 unspecified atom stereocenters. The largest absolute Gasteiger partial charge is 0.474 e. The Hall–Kier alpha value is -2.37. The first kappa shape index (κ1) is 14.6. The maximum Gasteiger partial charge on any atom is 0.273 e. The summed E-state index contributed by atoms with van der Waals surface area (Å²) in [6, 6.07) is 5.35. The zero-order valence-corrected chi connectivity index (χ0v) is 12.5. The lowest BCUT2D eigenvalue weighted by molar-refractivity contribution is 0.0941. The van der Waals surface area contributed by atoms with E-state index in [-0.39, 0.29) is 17.7 Å². The van der Waals surface area contributed by atoms with Gasteiger partial charge in [-0.1, -0.05) is 11.2 Å². The second-order valence-corrected chi connectivity index (χ2v) is 5.50. The van der Waals surface area contributed by atoms with E-state index in [0.717, 1.165) is 18.4 Å². The molecule has 116 valence electrons. The van der Waals surface area contributed by atoms with Crippen molar-refractivity contribution < 1.29 is 14.1 Å². The summed E-state index contributed by atoms with van der Waals surface area (Å²) in [6.45, 7) is 2.10. The number of nitrogens with one attached hydrogen (secondary N) is 1. The molecule has 22 heavy (non-hydrogen) atoms. The highest BCUT2D eigenvalue weighted by Gasteiger charge is 2.19. The molecule has 2 heterocycles. The molecular weight excluding hydrogens is 282 g/mol. The first-order valence-corrected chi connectivity index (χ1v) is 7.54. The van der Waals surface area contributed by atoms with Crippen LogP contribution in [0.4, 0.5) is 0 Å². The third-order valence-corrected chi connectivity index (χ3v) is 3.73. The molecule has 1 fully saturated rings. The molecule has 1 N–H and O–H groups in total. The Morgan fingerprint density at radius 1 is 1.45 bits per heavy atom. The van der Waals surface area contributed by atoms with E-state index < -0.39 is 0 Å². The third kappa shape index (κ3) is 3.44. The zero-order chi connectivity index (χ0) is 15.4. The number of nitrogens with zero attached hydrogens (tertiary/aromatic N) is 2. The van der Waals surface area contributed by atoms with Crippen molar-refractivity contribution in [3.05, 3.63) is 41.4 Å². The predicted molar refractivity (Wildman–Crippen MR) is 79.5 cm³/mol. The second kappa shape index (κ2) is 6.60. The van der Waals surface area contributed by atoms with Crippen LogP contribution in [0.3, 0.4) is 0 Å². The van der Waals surface area contributed by atoms with Gasteiger partial charge < -0.3 is 14.6 Å². The smallest absolute Gasteiger partial charge is 0.273 e. The Bertz CT molecular complexity index is 648. The highest BCUT2D eigenvalue weighted by Crippen LogP contribution is 2.24. The van der Waals surface area contributed by atoms with E-state index in [2.05, 4.69) is 15.5 Å². The van der Waals surface area contributed by atoms with Gasteiger partial charge in [0.25, 0.3) is 5.91 Å². The fourth-order valence-electron chi connectivity index (χ4n) is 2.57. The lowest BCUT2D eigenvalue weighted by Gasteiger charge is -2.15. The first-order chi connectivity index (χ1) is 10.7. The number of carbonyl (C=O) groups excluding carboxylic acids is 1. The lowest BCUT2D eigenvalue weighted by Crippen LogP contribution is -2.24. The Kier molecular flexibility index (Phi) is 4.37. The molecule has 1 saturated carbocycles. The predicted octanol–water partition coefficient (Wildman–Crippen LogP) is 2.63. The summed E-state index contributed by atoms with van der Waals surface area (Å²) < 4.78 is 10.9. The molecular formula is C16H19N3O3. The number of ether oxygens (including phenoxy) is 1. The fourth-order valence-corrected chi connectivity index (χ4v) is 2.57. The fraction of sp³-hybridized carbons (Fsp3) is 0.438. The van der Waals surface area contributed by atoms with E-state index in [4.69, 9.17) is 9.26 Å². The standard InChI is InChI=1S/C16H19N3O3/c1-11-9-14(19-22-11)15(20)18-10-12-5-4-8-17-16(12)21-13-6-2-3-7-13/h4-5,8-9,13H,2-3,6-7,10H2,1H3,(H,18,20). The highest BCUT2D eigenvalue weighted by atomic mass is 16.5. The maximum atomic E-state index is 12.0.